The van der Waals surface area contributed by atoms with E-state index >= 15 is 0 Å². The van der Waals surface area contributed by atoms with E-state index in [2.05, 4.69) is 110 Å². The van der Waals surface area contributed by atoms with Gasteiger partial charge in [0, 0.05) is 0 Å². The number of hydrogen-bond acceptors (Lipinski definition) is 1. The lowest BCUT2D eigenvalue weighted by Crippen LogP contribution is -2.26. The molecule has 3 aromatic rings. The number of carboxylic acid groups (broad SMARTS) is 1. The smallest absolute Gasteiger partial charge is 0.306 e. The molecule has 0 aliphatic rings. The predicted octanol–water partition coefficient (Wildman–Crippen LogP) is 5.62. The molecule has 0 saturated carbocycles. The van der Waals surface area contributed by atoms with Crippen molar-refractivity contribution in [1.82, 2.24) is 0 Å². The van der Waals surface area contributed by atoms with Crippen LogP contribution in [0.5, 0.6) is 0 Å². The van der Waals surface area contributed by atoms with Crippen molar-refractivity contribution in [1.29, 1.82) is 0 Å². The second-order valence-corrected chi connectivity index (χ2v) is 11.0. The normalized spacial score (nSPS) is 12.5. The van der Waals surface area contributed by atoms with Crippen LogP contribution >= 0.6 is 6.89 Å². The molecular formula is C28H31O2P. The Labute approximate surface area is 186 Å². The molecule has 3 aromatic carbocycles. The zero-order valence-electron chi connectivity index (χ0n) is 18.1. The quantitative estimate of drug-likeness (QED) is 0.424. The van der Waals surface area contributed by atoms with Crippen LogP contribution in [0.15, 0.2) is 103 Å². The Hall–Kier alpha value is -2.83. The Morgan fingerprint density at radius 1 is 0.839 bits per heavy atom. The molecule has 0 aliphatic carbocycles. The third-order valence-electron chi connectivity index (χ3n) is 5.61. The summed E-state index contributed by atoms with van der Waals surface area (Å²) >= 11 is 0. The number of benzene rings is 3. The molecule has 0 radical (unpaired) electrons. The second kappa shape index (κ2) is 11.5. The maximum atomic E-state index is 11.6. The molecule has 31 heavy (non-hydrogen) atoms. The molecule has 0 spiro atoms. The number of hydrogen-bond donors (Lipinski definition) is 1. The van der Waals surface area contributed by atoms with Gasteiger partial charge in [-0.3, -0.25) is 4.79 Å². The molecular weight excluding hydrogens is 399 g/mol. The fourth-order valence-electron chi connectivity index (χ4n) is 3.92. The lowest BCUT2D eigenvalue weighted by molar-refractivity contribution is -0.141. The van der Waals surface area contributed by atoms with Crippen molar-refractivity contribution < 1.29 is 9.90 Å². The summed E-state index contributed by atoms with van der Waals surface area (Å²) in [6.45, 7) is 0.0808. The van der Waals surface area contributed by atoms with Crippen LogP contribution in [-0.2, 0) is 4.79 Å². The molecule has 1 unspecified atom stereocenters. The molecule has 2 nitrogen and oxygen atoms in total. The third-order valence-corrected chi connectivity index (χ3v) is 9.57. The van der Waals surface area contributed by atoms with Gasteiger partial charge in [-0.05, 0) is 35.6 Å². The monoisotopic (exact) mass is 430 g/mol. The lowest BCUT2D eigenvalue weighted by Gasteiger charge is -2.28. The highest BCUT2D eigenvalue weighted by Gasteiger charge is 2.24. The van der Waals surface area contributed by atoms with E-state index in [1.807, 2.05) is 6.08 Å². The van der Waals surface area contributed by atoms with Crippen molar-refractivity contribution in [3.63, 3.8) is 0 Å². The van der Waals surface area contributed by atoms with Crippen molar-refractivity contribution in [3.8, 4) is 0 Å². The second-order valence-electron chi connectivity index (χ2n) is 7.72. The number of allylic oxidation sites excluding steroid dienone is 2. The highest BCUT2D eigenvalue weighted by atomic mass is 31.2. The Morgan fingerprint density at radius 2 is 1.29 bits per heavy atom. The highest BCUT2D eigenvalue weighted by molar-refractivity contribution is 7.94. The van der Waals surface area contributed by atoms with Crippen LogP contribution in [0.25, 0.3) is 0 Å². The maximum Gasteiger partial charge on any atom is 0.306 e. The molecule has 0 aromatic heterocycles. The first-order valence-electron chi connectivity index (χ1n) is 11.0. The number of carbonyl (C=O) groups is 1. The standard InChI is InChI=1S/C28H31O2P/c1-2-3-15-24(28(29)30)16-13-14-23-31(25-17-7-4-8-18-25,26-19-9-5-10-20-26)27-21-11-6-12-22-27/h4-14,17-24H,2-3,15-16H2,1H3,(H,29,30)/b14-13+. The average molecular weight is 431 g/mol. The van der Waals surface area contributed by atoms with Crippen LogP contribution in [0.2, 0.25) is 0 Å². The third kappa shape index (κ3) is 5.66. The molecule has 3 rings (SSSR count). The summed E-state index contributed by atoms with van der Waals surface area (Å²) in [5, 5.41) is 13.4. The molecule has 3 heteroatoms. The number of rotatable bonds is 10. The van der Waals surface area contributed by atoms with Crippen molar-refractivity contribution in [2.24, 2.45) is 5.92 Å². The molecule has 0 saturated heterocycles. The van der Waals surface area contributed by atoms with E-state index in [4.69, 9.17) is 0 Å². The van der Waals surface area contributed by atoms with E-state index in [1.54, 1.807) is 0 Å². The first-order valence-corrected chi connectivity index (χ1v) is 12.8. The molecule has 0 heterocycles. The minimum absolute atomic E-state index is 0.317. The van der Waals surface area contributed by atoms with Gasteiger partial charge in [0.25, 0.3) is 0 Å². The largest absolute Gasteiger partial charge is 0.481 e. The van der Waals surface area contributed by atoms with Gasteiger partial charge in [-0.1, -0.05) is 129 Å². The van der Waals surface area contributed by atoms with Crippen LogP contribution in [0.1, 0.15) is 32.6 Å². The van der Waals surface area contributed by atoms with Crippen LogP contribution in [0.4, 0.5) is 0 Å². The zero-order valence-corrected chi connectivity index (χ0v) is 19.0. The molecule has 160 valence electrons. The van der Waals surface area contributed by atoms with Crippen molar-refractivity contribution in [2.75, 3.05) is 0 Å². The van der Waals surface area contributed by atoms with E-state index in [1.165, 1.54) is 15.9 Å². The first kappa shape index (κ1) is 22.8. The van der Waals surface area contributed by atoms with Gasteiger partial charge < -0.3 is 5.11 Å². The van der Waals surface area contributed by atoms with Crippen LogP contribution in [-0.4, -0.2) is 16.9 Å². The minimum Gasteiger partial charge on any atom is -0.481 e. The summed E-state index contributed by atoms with van der Waals surface area (Å²) < 4.78 is 0. The van der Waals surface area contributed by atoms with Crippen molar-refractivity contribution in [3.05, 3.63) is 103 Å². The van der Waals surface area contributed by atoms with E-state index < -0.39 is 12.9 Å². The molecule has 0 aliphatic heterocycles. The summed E-state index contributed by atoms with van der Waals surface area (Å²) in [5.41, 5.74) is 0. The highest BCUT2D eigenvalue weighted by Crippen LogP contribution is 2.43. The SMILES string of the molecule is CCCCC(C/C=C/C=P(c1ccccc1)(c1ccccc1)c1ccccc1)C(=O)O. The Kier molecular flexibility index (Phi) is 8.50. The zero-order chi connectivity index (χ0) is 21.9. The maximum absolute atomic E-state index is 11.6. The van der Waals surface area contributed by atoms with Crippen LogP contribution in [0.3, 0.4) is 0 Å². The minimum atomic E-state index is -2.02. The summed E-state index contributed by atoms with van der Waals surface area (Å²) in [6.07, 6.45) is 7.39. The fourth-order valence-corrected chi connectivity index (χ4v) is 7.64. The fraction of sp³-hybridized carbons (Fsp3) is 0.214. The van der Waals surface area contributed by atoms with Gasteiger partial charge in [0.2, 0.25) is 0 Å². The van der Waals surface area contributed by atoms with Crippen molar-refractivity contribution in [2.45, 2.75) is 32.6 Å². The van der Waals surface area contributed by atoms with E-state index in [0.29, 0.717) is 6.42 Å². The summed E-state index contributed by atoms with van der Waals surface area (Å²) in [5.74, 6) is 1.31. The van der Waals surface area contributed by atoms with Crippen LogP contribution in [0, 0.1) is 5.92 Å². The first-order chi connectivity index (χ1) is 15.2. The van der Waals surface area contributed by atoms with Gasteiger partial charge in [0.05, 0.1) is 5.92 Å². The molecule has 1 N–H and O–H groups in total. The number of carboxylic acids is 1. The van der Waals surface area contributed by atoms with Gasteiger partial charge in [-0.2, -0.15) is 0 Å². The molecule has 1 atom stereocenters. The lowest BCUT2D eigenvalue weighted by atomic mass is 9.99. The Balaban J connectivity index is 2.10. The Morgan fingerprint density at radius 3 is 1.68 bits per heavy atom. The average Bonchev–Trinajstić information content (AvgIpc) is 2.82. The van der Waals surface area contributed by atoms with E-state index in [9.17, 15) is 9.90 Å². The predicted molar refractivity (Wildman–Crippen MR) is 136 cm³/mol. The summed E-state index contributed by atoms with van der Waals surface area (Å²) in [6, 6.07) is 32.0. The van der Waals surface area contributed by atoms with Gasteiger partial charge in [-0.25, -0.2) is 0 Å². The molecule has 0 fully saturated rings. The van der Waals surface area contributed by atoms with E-state index in [-0.39, 0.29) is 5.92 Å². The summed E-state index contributed by atoms with van der Waals surface area (Å²) in [7, 11) is 0. The van der Waals surface area contributed by atoms with Gasteiger partial charge in [0.1, 0.15) is 0 Å². The summed E-state index contributed by atoms with van der Waals surface area (Å²) in [4.78, 5) is 11.6. The van der Waals surface area contributed by atoms with Gasteiger partial charge in [0.15, 0.2) is 0 Å². The molecule has 0 amide bonds. The Bertz CT molecular complexity index is 921. The number of aliphatic carboxylic acids is 1. The van der Waals surface area contributed by atoms with Gasteiger partial charge >= 0.3 is 5.97 Å². The van der Waals surface area contributed by atoms with E-state index in [0.717, 1.165) is 19.3 Å². The van der Waals surface area contributed by atoms with Crippen molar-refractivity contribution >= 4 is 34.6 Å². The van der Waals surface area contributed by atoms with Crippen LogP contribution < -0.4 is 15.9 Å². The topological polar surface area (TPSA) is 37.3 Å². The molecule has 0 bridgehead atoms. The van der Waals surface area contributed by atoms with Gasteiger partial charge in [-0.15, -0.1) is 0 Å². The number of unbranched alkanes of at least 4 members (excludes halogenated alkanes) is 1.